The quantitative estimate of drug-likeness (QED) is 0.337. The molecule has 0 aliphatic carbocycles. The number of aliphatic hydroxyl groups is 1. The molecule has 1 fully saturated rings. The number of nitrogens with one attached hydrogen (secondary N) is 1. The van der Waals surface area contributed by atoms with Gasteiger partial charge in [0.15, 0.2) is 5.11 Å². The molecule has 3 aromatic rings. The lowest BCUT2D eigenvalue weighted by atomic mass is 10.0. The normalized spacial score (nSPS) is 18.4. The van der Waals surface area contributed by atoms with Gasteiger partial charge in [0.2, 0.25) is 0 Å². The number of furan rings is 1. The summed E-state index contributed by atoms with van der Waals surface area (Å²) in [4.78, 5) is 16.9. The van der Waals surface area contributed by atoms with Crippen molar-refractivity contribution in [3.8, 4) is 11.3 Å². The van der Waals surface area contributed by atoms with Gasteiger partial charge >= 0.3 is 0 Å². The number of benzene rings is 1. The van der Waals surface area contributed by atoms with Crippen LogP contribution in [-0.4, -0.2) is 38.2 Å². The maximum Gasteiger partial charge on any atom is 0.269 e. The minimum absolute atomic E-state index is 0.0289. The summed E-state index contributed by atoms with van der Waals surface area (Å²) < 4.78 is 6.16. The Morgan fingerprint density at radius 1 is 1.20 bits per heavy atom. The van der Waals surface area contributed by atoms with E-state index >= 15 is 0 Å². The van der Waals surface area contributed by atoms with Gasteiger partial charge in [-0.1, -0.05) is 6.07 Å². The van der Waals surface area contributed by atoms with Gasteiger partial charge in [-0.15, -0.1) is 0 Å². The number of thiocarbonyl (C=S) groups is 1. The van der Waals surface area contributed by atoms with Crippen molar-refractivity contribution < 1.29 is 14.4 Å². The minimum Gasteiger partial charge on any atom is -0.459 e. The van der Waals surface area contributed by atoms with Crippen LogP contribution in [-0.2, 0) is 0 Å². The van der Waals surface area contributed by atoms with Crippen LogP contribution < -0.4 is 5.32 Å². The van der Waals surface area contributed by atoms with Crippen molar-refractivity contribution in [2.75, 3.05) is 13.2 Å². The molecule has 1 aromatic carbocycles. The second kappa shape index (κ2) is 8.60. The van der Waals surface area contributed by atoms with E-state index in [1.54, 1.807) is 18.3 Å². The van der Waals surface area contributed by atoms with E-state index < -0.39 is 4.92 Å². The smallest absolute Gasteiger partial charge is 0.269 e. The molecule has 0 spiro atoms. The predicted molar refractivity (Wildman–Crippen MR) is 115 cm³/mol. The molecular weight excluding hydrogens is 404 g/mol. The van der Waals surface area contributed by atoms with Gasteiger partial charge < -0.3 is 19.7 Å². The van der Waals surface area contributed by atoms with Crippen LogP contribution in [0.1, 0.15) is 30.0 Å². The van der Waals surface area contributed by atoms with Gasteiger partial charge in [0.05, 0.1) is 16.7 Å². The minimum atomic E-state index is -0.432. The van der Waals surface area contributed by atoms with Gasteiger partial charge in [-0.25, -0.2) is 0 Å². The first-order valence-electron chi connectivity index (χ1n) is 9.52. The van der Waals surface area contributed by atoms with E-state index in [0.29, 0.717) is 29.6 Å². The Balaban J connectivity index is 1.67. The fourth-order valence-corrected chi connectivity index (χ4v) is 3.94. The Morgan fingerprint density at radius 3 is 2.67 bits per heavy atom. The number of nitro groups is 1. The van der Waals surface area contributed by atoms with E-state index in [4.69, 9.17) is 16.6 Å². The van der Waals surface area contributed by atoms with Crippen molar-refractivity contribution in [3.63, 3.8) is 0 Å². The Hall–Kier alpha value is -3.30. The van der Waals surface area contributed by atoms with Crippen LogP contribution in [0.15, 0.2) is 65.2 Å². The summed E-state index contributed by atoms with van der Waals surface area (Å²) in [6.45, 7) is 0.635. The Labute approximate surface area is 178 Å². The standard InChI is InChI=1S/C21H20N4O4S/c26-13-3-12-24-20(19(23-21(24)30)16-4-1-2-11-22-16)18-10-9-17(29-18)14-5-7-15(8-6-14)25(27)28/h1-2,4-11,19-20,26H,3,12-13H2,(H,23,30)/t19-,20+/m0/s1. The zero-order chi connectivity index (χ0) is 21.1. The van der Waals surface area contributed by atoms with Crippen LogP contribution in [0.4, 0.5) is 5.69 Å². The molecule has 4 rings (SSSR count). The molecule has 2 atom stereocenters. The average molecular weight is 424 g/mol. The van der Waals surface area contributed by atoms with E-state index in [9.17, 15) is 15.2 Å². The second-order valence-electron chi connectivity index (χ2n) is 6.90. The number of rotatable bonds is 7. The van der Waals surface area contributed by atoms with Gasteiger partial charge in [-0.2, -0.15) is 0 Å². The first-order chi connectivity index (χ1) is 14.6. The van der Waals surface area contributed by atoms with Gasteiger partial charge in [0.1, 0.15) is 17.6 Å². The fourth-order valence-electron chi connectivity index (χ4n) is 3.61. The lowest BCUT2D eigenvalue weighted by Crippen LogP contribution is -2.30. The molecule has 1 aliphatic heterocycles. The number of nitro benzene ring substituents is 1. The van der Waals surface area contributed by atoms with E-state index in [0.717, 1.165) is 11.3 Å². The summed E-state index contributed by atoms with van der Waals surface area (Å²) in [7, 11) is 0. The molecule has 9 heteroatoms. The Bertz CT molecular complexity index is 1040. The molecule has 3 heterocycles. The van der Waals surface area contributed by atoms with Gasteiger partial charge in [-0.3, -0.25) is 15.1 Å². The van der Waals surface area contributed by atoms with Gasteiger partial charge in [0, 0.05) is 37.0 Å². The van der Waals surface area contributed by atoms with Crippen LogP contribution in [0.2, 0.25) is 0 Å². The summed E-state index contributed by atoms with van der Waals surface area (Å²) in [5.41, 5.74) is 1.61. The van der Waals surface area contributed by atoms with Crippen LogP contribution in [0.5, 0.6) is 0 Å². The number of non-ortho nitro benzene ring substituents is 1. The van der Waals surface area contributed by atoms with E-state index in [2.05, 4.69) is 10.3 Å². The third-order valence-corrected chi connectivity index (χ3v) is 5.39. The molecule has 0 saturated carbocycles. The summed E-state index contributed by atoms with van der Waals surface area (Å²) in [6.07, 6.45) is 2.31. The van der Waals surface area contributed by atoms with Gasteiger partial charge in [-0.05, 0) is 55.0 Å². The highest BCUT2D eigenvalue weighted by Crippen LogP contribution is 2.40. The zero-order valence-electron chi connectivity index (χ0n) is 16.0. The van der Waals surface area contributed by atoms with Crippen molar-refractivity contribution in [3.05, 3.63) is 82.4 Å². The highest BCUT2D eigenvalue weighted by Gasteiger charge is 2.41. The lowest BCUT2D eigenvalue weighted by Gasteiger charge is -2.25. The van der Waals surface area contributed by atoms with Crippen LogP contribution >= 0.6 is 12.2 Å². The third kappa shape index (κ3) is 3.89. The van der Waals surface area contributed by atoms with E-state index in [1.165, 1.54) is 12.1 Å². The topological polar surface area (TPSA) is 105 Å². The van der Waals surface area contributed by atoms with Crippen LogP contribution in [0.3, 0.4) is 0 Å². The predicted octanol–water partition coefficient (Wildman–Crippen LogP) is 3.60. The maximum absolute atomic E-state index is 10.9. The highest BCUT2D eigenvalue weighted by atomic mass is 32.1. The zero-order valence-corrected chi connectivity index (χ0v) is 16.8. The first-order valence-corrected chi connectivity index (χ1v) is 9.93. The molecule has 30 heavy (non-hydrogen) atoms. The number of pyridine rings is 1. The molecule has 0 amide bonds. The molecule has 154 valence electrons. The monoisotopic (exact) mass is 424 g/mol. The number of aromatic nitrogens is 1. The maximum atomic E-state index is 10.9. The molecule has 0 bridgehead atoms. The molecule has 0 unspecified atom stereocenters. The van der Waals surface area contributed by atoms with Crippen LogP contribution in [0.25, 0.3) is 11.3 Å². The summed E-state index contributed by atoms with van der Waals surface area (Å²) in [5.74, 6) is 1.31. The molecular formula is C21H20N4O4S. The molecule has 2 aromatic heterocycles. The van der Waals surface area contributed by atoms with Crippen molar-refractivity contribution >= 4 is 23.0 Å². The Kier molecular flexibility index (Phi) is 5.73. The lowest BCUT2D eigenvalue weighted by molar-refractivity contribution is -0.384. The molecule has 1 saturated heterocycles. The van der Waals surface area contributed by atoms with Crippen molar-refractivity contribution in [2.45, 2.75) is 18.5 Å². The number of hydrogen-bond acceptors (Lipinski definition) is 6. The average Bonchev–Trinajstić information content (AvgIpc) is 3.37. The summed E-state index contributed by atoms with van der Waals surface area (Å²) in [6, 6.07) is 15.2. The van der Waals surface area contributed by atoms with Crippen LogP contribution in [0, 0.1) is 10.1 Å². The highest BCUT2D eigenvalue weighted by molar-refractivity contribution is 7.80. The molecule has 1 aliphatic rings. The van der Waals surface area contributed by atoms with E-state index in [-0.39, 0.29) is 24.4 Å². The number of hydrogen-bond donors (Lipinski definition) is 2. The summed E-state index contributed by atoms with van der Waals surface area (Å²) in [5, 5.41) is 24.1. The Morgan fingerprint density at radius 2 is 2.00 bits per heavy atom. The first kappa shape index (κ1) is 20.0. The van der Waals surface area contributed by atoms with E-state index in [1.807, 2.05) is 35.2 Å². The van der Waals surface area contributed by atoms with Gasteiger partial charge in [0.25, 0.3) is 5.69 Å². The fraction of sp³-hybridized carbons (Fsp3) is 0.238. The van der Waals surface area contributed by atoms with Crippen molar-refractivity contribution in [1.29, 1.82) is 0 Å². The largest absolute Gasteiger partial charge is 0.459 e. The SMILES string of the molecule is O=[N+]([O-])c1ccc(-c2ccc([C@@H]3[C@H](c4ccccn4)NC(=S)N3CCCO)o2)cc1. The molecule has 0 radical (unpaired) electrons. The molecule has 8 nitrogen and oxygen atoms in total. The van der Waals surface area contributed by atoms with Crippen molar-refractivity contribution in [2.24, 2.45) is 0 Å². The molecule has 2 N–H and O–H groups in total. The third-order valence-electron chi connectivity index (χ3n) is 5.04. The second-order valence-corrected chi connectivity index (χ2v) is 7.29. The number of nitrogens with zero attached hydrogens (tertiary/aromatic N) is 3. The van der Waals surface area contributed by atoms with Crippen molar-refractivity contribution in [1.82, 2.24) is 15.2 Å². The number of aliphatic hydroxyl groups excluding tert-OH is 1. The summed E-state index contributed by atoms with van der Waals surface area (Å²) >= 11 is 5.55.